The zero-order chi connectivity index (χ0) is 23.8. The van der Waals surface area contributed by atoms with E-state index in [0.29, 0.717) is 31.5 Å². The summed E-state index contributed by atoms with van der Waals surface area (Å²) in [7, 11) is 0. The van der Waals surface area contributed by atoms with Crippen LogP contribution in [0.25, 0.3) is 0 Å². The summed E-state index contributed by atoms with van der Waals surface area (Å²) in [5.74, 6) is 0. The van der Waals surface area contributed by atoms with Gasteiger partial charge in [0.15, 0.2) is 0 Å². The lowest BCUT2D eigenvalue weighted by atomic mass is 9.83. The first-order valence-corrected chi connectivity index (χ1v) is 12.4. The molecule has 0 atom stereocenters. The molecule has 0 saturated carbocycles. The van der Waals surface area contributed by atoms with Gasteiger partial charge >= 0.3 is 6.18 Å². The van der Waals surface area contributed by atoms with Crippen LogP contribution in [0.3, 0.4) is 0 Å². The molecule has 3 aromatic carbocycles. The van der Waals surface area contributed by atoms with E-state index >= 15 is 0 Å². The molecular formula is C27H27F3N2OS. The van der Waals surface area contributed by atoms with Crippen LogP contribution in [0.4, 0.5) is 24.5 Å². The van der Waals surface area contributed by atoms with Crippen molar-refractivity contribution in [1.82, 2.24) is 4.90 Å². The summed E-state index contributed by atoms with van der Waals surface area (Å²) in [5.41, 5.74) is 2.06. The molecule has 0 bridgehead atoms. The van der Waals surface area contributed by atoms with E-state index in [9.17, 15) is 18.3 Å². The fourth-order valence-electron chi connectivity index (χ4n) is 4.84. The highest BCUT2D eigenvalue weighted by atomic mass is 32.2. The smallest absolute Gasteiger partial charge is 0.385 e. The predicted molar refractivity (Wildman–Crippen MR) is 130 cm³/mol. The normalized spacial score (nSPS) is 17.5. The molecule has 0 aliphatic carbocycles. The molecule has 1 saturated heterocycles. The summed E-state index contributed by atoms with van der Waals surface area (Å²) in [5, 5.41) is 14.7. The standard InChI is InChI=1S/C27H27F3N2OS/c28-27(29,30)21-9-4-8-20(18-21)26(33)13-16-32(17-14-26)15-5-7-19-6-3-12-24-25(19)31-22-10-1-2-11-23(22)34-24/h1-4,6,8-12,18,31,33H,5,7,13-17H2. The van der Waals surface area contributed by atoms with Crippen LogP contribution in [0.15, 0.2) is 76.5 Å². The number of piperidine rings is 1. The van der Waals surface area contributed by atoms with Crippen molar-refractivity contribution in [3.05, 3.63) is 83.4 Å². The van der Waals surface area contributed by atoms with Gasteiger partial charge in [0.25, 0.3) is 0 Å². The van der Waals surface area contributed by atoms with Gasteiger partial charge in [-0.05, 0) is 73.7 Å². The molecule has 34 heavy (non-hydrogen) atoms. The van der Waals surface area contributed by atoms with Gasteiger partial charge in [0.05, 0.1) is 22.5 Å². The molecule has 7 heteroatoms. The number of likely N-dealkylation sites (tertiary alicyclic amines) is 1. The minimum absolute atomic E-state index is 0.363. The van der Waals surface area contributed by atoms with E-state index in [1.807, 2.05) is 6.07 Å². The topological polar surface area (TPSA) is 35.5 Å². The summed E-state index contributed by atoms with van der Waals surface area (Å²) in [6, 6.07) is 19.9. The lowest BCUT2D eigenvalue weighted by Crippen LogP contribution is -2.43. The van der Waals surface area contributed by atoms with Crippen LogP contribution in [0.5, 0.6) is 0 Å². The fraction of sp³-hybridized carbons (Fsp3) is 0.333. The molecule has 178 valence electrons. The quantitative estimate of drug-likeness (QED) is 0.325. The Bertz CT molecular complexity index is 1170. The summed E-state index contributed by atoms with van der Waals surface area (Å²) in [4.78, 5) is 4.77. The van der Waals surface area contributed by atoms with Crippen LogP contribution in [0, 0.1) is 0 Å². The van der Waals surface area contributed by atoms with Crippen LogP contribution < -0.4 is 5.32 Å². The van der Waals surface area contributed by atoms with E-state index in [4.69, 9.17) is 0 Å². The minimum atomic E-state index is -4.40. The van der Waals surface area contributed by atoms with E-state index in [1.54, 1.807) is 17.8 Å². The third-order valence-electron chi connectivity index (χ3n) is 6.81. The summed E-state index contributed by atoms with van der Waals surface area (Å²) < 4.78 is 39.3. The number of benzene rings is 3. The molecule has 0 amide bonds. The van der Waals surface area contributed by atoms with Crippen LogP contribution in [0.2, 0.25) is 0 Å². The van der Waals surface area contributed by atoms with Gasteiger partial charge in [-0.2, -0.15) is 13.2 Å². The van der Waals surface area contributed by atoms with Gasteiger partial charge in [0, 0.05) is 22.9 Å². The van der Waals surface area contributed by atoms with Crippen molar-refractivity contribution in [1.29, 1.82) is 0 Å². The van der Waals surface area contributed by atoms with Gasteiger partial charge in [-0.25, -0.2) is 0 Å². The Morgan fingerprint density at radius 1 is 0.941 bits per heavy atom. The maximum atomic E-state index is 13.1. The molecule has 0 unspecified atom stereocenters. The highest BCUT2D eigenvalue weighted by Crippen LogP contribution is 2.45. The van der Waals surface area contributed by atoms with Crippen LogP contribution >= 0.6 is 11.8 Å². The predicted octanol–water partition coefficient (Wildman–Crippen LogP) is 6.83. The maximum absolute atomic E-state index is 13.1. The van der Waals surface area contributed by atoms with E-state index in [0.717, 1.165) is 37.2 Å². The lowest BCUT2D eigenvalue weighted by Gasteiger charge is -2.38. The number of aryl methyl sites for hydroxylation is 1. The van der Waals surface area contributed by atoms with E-state index in [2.05, 4.69) is 46.6 Å². The van der Waals surface area contributed by atoms with Gasteiger partial charge in [0.2, 0.25) is 0 Å². The molecule has 2 aliphatic rings. The number of alkyl halides is 3. The van der Waals surface area contributed by atoms with Crippen molar-refractivity contribution < 1.29 is 18.3 Å². The monoisotopic (exact) mass is 484 g/mol. The number of hydrogen-bond acceptors (Lipinski definition) is 4. The van der Waals surface area contributed by atoms with Crippen molar-refractivity contribution in [3.8, 4) is 0 Å². The maximum Gasteiger partial charge on any atom is 0.416 e. The second kappa shape index (κ2) is 9.29. The SMILES string of the molecule is OC1(c2cccc(C(F)(F)F)c2)CCN(CCCc2cccc3c2Nc2ccccc2S3)CC1. The number of fused-ring (bicyclic) bond motifs is 2. The minimum Gasteiger partial charge on any atom is -0.385 e. The summed E-state index contributed by atoms with van der Waals surface area (Å²) in [6.07, 6.45) is -1.62. The molecule has 5 rings (SSSR count). The Labute approximate surface area is 202 Å². The number of rotatable bonds is 5. The molecule has 3 nitrogen and oxygen atoms in total. The first kappa shape index (κ1) is 23.3. The van der Waals surface area contributed by atoms with Gasteiger partial charge in [0.1, 0.15) is 0 Å². The van der Waals surface area contributed by atoms with E-state index in [-0.39, 0.29) is 0 Å². The molecule has 2 aliphatic heterocycles. The highest BCUT2D eigenvalue weighted by molar-refractivity contribution is 7.99. The number of para-hydroxylation sites is 2. The molecule has 0 radical (unpaired) electrons. The fourth-order valence-corrected chi connectivity index (χ4v) is 5.88. The van der Waals surface area contributed by atoms with Gasteiger partial charge in [-0.1, -0.05) is 48.2 Å². The molecule has 1 fully saturated rings. The summed E-state index contributed by atoms with van der Waals surface area (Å²) >= 11 is 1.79. The van der Waals surface area contributed by atoms with Gasteiger partial charge in [-0.3, -0.25) is 0 Å². The average Bonchev–Trinajstić information content (AvgIpc) is 2.84. The molecule has 0 spiro atoms. The number of halogens is 3. The van der Waals surface area contributed by atoms with E-state index in [1.165, 1.54) is 27.1 Å². The van der Waals surface area contributed by atoms with Crippen LogP contribution in [0.1, 0.15) is 36.0 Å². The van der Waals surface area contributed by atoms with Crippen molar-refractivity contribution in [2.45, 2.75) is 47.3 Å². The molecule has 2 N–H and O–H groups in total. The number of anilines is 2. The lowest BCUT2D eigenvalue weighted by molar-refractivity contribution is -0.137. The molecule has 0 aromatic heterocycles. The summed E-state index contributed by atoms with van der Waals surface area (Å²) in [6.45, 7) is 2.23. The van der Waals surface area contributed by atoms with Crippen molar-refractivity contribution >= 4 is 23.1 Å². The van der Waals surface area contributed by atoms with Crippen molar-refractivity contribution in [3.63, 3.8) is 0 Å². The van der Waals surface area contributed by atoms with Crippen LogP contribution in [-0.2, 0) is 18.2 Å². The molecular weight excluding hydrogens is 457 g/mol. The van der Waals surface area contributed by atoms with E-state index < -0.39 is 17.3 Å². The van der Waals surface area contributed by atoms with Crippen molar-refractivity contribution in [2.24, 2.45) is 0 Å². The Morgan fingerprint density at radius 3 is 2.47 bits per heavy atom. The molecule has 2 heterocycles. The Morgan fingerprint density at radius 2 is 1.68 bits per heavy atom. The number of nitrogens with zero attached hydrogens (tertiary/aromatic N) is 1. The average molecular weight is 485 g/mol. The first-order chi connectivity index (χ1) is 16.3. The van der Waals surface area contributed by atoms with Gasteiger partial charge in [-0.15, -0.1) is 0 Å². The Hall–Kier alpha value is -2.48. The zero-order valence-corrected chi connectivity index (χ0v) is 19.6. The number of aliphatic hydroxyl groups is 1. The molecule has 3 aromatic rings. The van der Waals surface area contributed by atoms with Crippen molar-refractivity contribution in [2.75, 3.05) is 25.0 Å². The third-order valence-corrected chi connectivity index (χ3v) is 7.95. The highest BCUT2D eigenvalue weighted by Gasteiger charge is 2.37. The number of hydrogen-bond donors (Lipinski definition) is 2. The van der Waals surface area contributed by atoms with Crippen LogP contribution in [-0.4, -0.2) is 29.6 Å². The zero-order valence-electron chi connectivity index (χ0n) is 18.7. The largest absolute Gasteiger partial charge is 0.416 e. The Kier molecular flexibility index (Phi) is 6.35. The number of nitrogens with one attached hydrogen (secondary N) is 1. The first-order valence-electron chi connectivity index (χ1n) is 11.6. The Balaban J connectivity index is 1.17. The second-order valence-corrected chi connectivity index (χ2v) is 10.2. The second-order valence-electron chi connectivity index (χ2n) is 9.07. The third kappa shape index (κ3) is 4.83. The van der Waals surface area contributed by atoms with Gasteiger partial charge < -0.3 is 15.3 Å².